The zero-order valence-electron chi connectivity index (χ0n) is 12.5. The largest absolute Gasteiger partial charge is 0.311 e. The molecule has 2 aliphatic rings. The van der Waals surface area contributed by atoms with Crippen molar-refractivity contribution in [2.75, 3.05) is 6.54 Å². The zero-order chi connectivity index (χ0) is 14.2. The Bertz CT molecular complexity index is 678. The summed E-state index contributed by atoms with van der Waals surface area (Å²) >= 11 is 0. The lowest BCUT2D eigenvalue weighted by atomic mass is 9.77. The van der Waals surface area contributed by atoms with Gasteiger partial charge in [-0.25, -0.2) is 9.97 Å². The monoisotopic (exact) mass is 279 g/mol. The third-order valence-electron chi connectivity index (χ3n) is 4.69. The van der Waals surface area contributed by atoms with Gasteiger partial charge in [-0.15, -0.1) is 0 Å². The van der Waals surface area contributed by atoms with Crippen molar-refractivity contribution < 1.29 is 0 Å². The Kier molecular flexibility index (Phi) is 3.23. The van der Waals surface area contributed by atoms with Crippen molar-refractivity contribution in [2.24, 2.45) is 0 Å². The van der Waals surface area contributed by atoms with E-state index in [-0.39, 0.29) is 0 Å². The van der Waals surface area contributed by atoms with E-state index in [1.54, 1.807) is 0 Å². The van der Waals surface area contributed by atoms with Crippen LogP contribution in [0.4, 0.5) is 0 Å². The topological polar surface area (TPSA) is 37.8 Å². The number of nitrogens with one attached hydrogen (secondary N) is 1. The molecule has 2 aromatic rings. The van der Waals surface area contributed by atoms with Gasteiger partial charge in [-0.05, 0) is 42.5 Å². The Morgan fingerprint density at radius 3 is 3.00 bits per heavy atom. The number of hydrogen-bond donors (Lipinski definition) is 1. The first-order valence-corrected chi connectivity index (χ1v) is 8.04. The maximum atomic E-state index is 4.96. The van der Waals surface area contributed by atoms with E-state index >= 15 is 0 Å². The summed E-state index contributed by atoms with van der Waals surface area (Å²) in [5.74, 6) is 1.45. The van der Waals surface area contributed by atoms with Crippen LogP contribution >= 0.6 is 0 Å². The Morgan fingerprint density at radius 2 is 2.14 bits per heavy atom. The van der Waals surface area contributed by atoms with Crippen molar-refractivity contribution >= 4 is 0 Å². The van der Waals surface area contributed by atoms with E-state index in [0.29, 0.717) is 5.92 Å². The molecule has 0 saturated heterocycles. The van der Waals surface area contributed by atoms with Crippen molar-refractivity contribution in [1.29, 1.82) is 0 Å². The summed E-state index contributed by atoms with van der Waals surface area (Å²) in [7, 11) is 0. The molecule has 0 bridgehead atoms. The Balaban J connectivity index is 1.75. The highest BCUT2D eigenvalue weighted by Gasteiger charge is 2.30. The molecule has 1 aliphatic carbocycles. The molecule has 1 aromatic heterocycles. The van der Waals surface area contributed by atoms with Gasteiger partial charge in [0.05, 0.1) is 5.69 Å². The number of fused-ring (bicyclic) bond motifs is 2. The van der Waals surface area contributed by atoms with Crippen LogP contribution in [0.15, 0.2) is 24.3 Å². The van der Waals surface area contributed by atoms with Crippen LogP contribution in [0.5, 0.6) is 0 Å². The van der Waals surface area contributed by atoms with Crippen LogP contribution in [0.3, 0.4) is 0 Å². The van der Waals surface area contributed by atoms with Crippen LogP contribution in [-0.2, 0) is 25.8 Å². The SMILES string of the molecule is CCCc1nc(C2Cc3ccccc32)nc2c1CCNC2. The highest BCUT2D eigenvalue weighted by Crippen LogP contribution is 2.38. The Labute approximate surface area is 125 Å². The first-order chi connectivity index (χ1) is 10.4. The van der Waals surface area contributed by atoms with E-state index < -0.39 is 0 Å². The van der Waals surface area contributed by atoms with Gasteiger partial charge in [0, 0.05) is 18.2 Å². The van der Waals surface area contributed by atoms with E-state index in [1.165, 1.54) is 28.1 Å². The minimum atomic E-state index is 0.407. The second-order valence-corrected chi connectivity index (χ2v) is 6.09. The minimum Gasteiger partial charge on any atom is -0.311 e. The first kappa shape index (κ1) is 13.0. The van der Waals surface area contributed by atoms with Gasteiger partial charge in [-0.1, -0.05) is 37.6 Å². The fourth-order valence-corrected chi connectivity index (χ4v) is 3.55. The molecule has 0 radical (unpaired) electrons. The fraction of sp³-hybridized carbons (Fsp3) is 0.444. The normalized spacial score (nSPS) is 19.6. The standard InChI is InChI=1S/C18H21N3/c1-2-5-16-14-8-9-19-11-17(14)21-18(20-16)15-10-12-6-3-4-7-13(12)15/h3-4,6-7,15,19H,2,5,8-11H2,1H3. The van der Waals surface area contributed by atoms with Crippen molar-refractivity contribution in [3.63, 3.8) is 0 Å². The Hall–Kier alpha value is -1.74. The molecule has 1 aromatic carbocycles. The van der Waals surface area contributed by atoms with E-state index in [2.05, 4.69) is 36.5 Å². The van der Waals surface area contributed by atoms with Gasteiger partial charge >= 0.3 is 0 Å². The summed E-state index contributed by atoms with van der Waals surface area (Å²) in [6, 6.07) is 8.69. The zero-order valence-corrected chi connectivity index (χ0v) is 12.5. The van der Waals surface area contributed by atoms with Gasteiger partial charge in [0.15, 0.2) is 0 Å². The van der Waals surface area contributed by atoms with Gasteiger partial charge in [-0.2, -0.15) is 0 Å². The van der Waals surface area contributed by atoms with Crippen LogP contribution < -0.4 is 5.32 Å². The molecule has 1 aliphatic heterocycles. The molecule has 3 heteroatoms. The summed E-state index contributed by atoms with van der Waals surface area (Å²) in [5.41, 5.74) is 6.82. The molecule has 0 saturated carbocycles. The average Bonchev–Trinajstić information content (AvgIpc) is 2.49. The highest BCUT2D eigenvalue weighted by atomic mass is 15.0. The lowest BCUT2D eigenvalue weighted by molar-refractivity contribution is 0.584. The molecular weight excluding hydrogens is 258 g/mol. The smallest absolute Gasteiger partial charge is 0.136 e. The lowest BCUT2D eigenvalue weighted by Gasteiger charge is -2.30. The third-order valence-corrected chi connectivity index (χ3v) is 4.69. The molecule has 2 heterocycles. The maximum Gasteiger partial charge on any atom is 0.136 e. The Morgan fingerprint density at radius 1 is 1.24 bits per heavy atom. The number of rotatable bonds is 3. The van der Waals surface area contributed by atoms with Gasteiger partial charge in [0.2, 0.25) is 0 Å². The average molecular weight is 279 g/mol. The summed E-state index contributed by atoms with van der Waals surface area (Å²) in [6.07, 6.45) is 4.39. The minimum absolute atomic E-state index is 0.407. The summed E-state index contributed by atoms with van der Waals surface area (Å²) < 4.78 is 0. The maximum absolute atomic E-state index is 4.96. The molecule has 0 amide bonds. The summed E-state index contributed by atoms with van der Waals surface area (Å²) in [4.78, 5) is 9.86. The van der Waals surface area contributed by atoms with E-state index in [9.17, 15) is 0 Å². The van der Waals surface area contributed by atoms with Crippen molar-refractivity contribution in [2.45, 2.75) is 45.1 Å². The molecule has 1 N–H and O–H groups in total. The molecule has 4 rings (SSSR count). The molecule has 21 heavy (non-hydrogen) atoms. The number of nitrogens with zero attached hydrogens (tertiary/aromatic N) is 2. The molecular formula is C18H21N3. The van der Waals surface area contributed by atoms with Gasteiger partial charge in [0.1, 0.15) is 5.82 Å². The van der Waals surface area contributed by atoms with Crippen LogP contribution in [0.1, 0.15) is 53.2 Å². The molecule has 1 unspecified atom stereocenters. The van der Waals surface area contributed by atoms with Crippen molar-refractivity contribution in [3.8, 4) is 0 Å². The molecule has 108 valence electrons. The second kappa shape index (κ2) is 5.23. The van der Waals surface area contributed by atoms with Crippen molar-refractivity contribution in [3.05, 3.63) is 58.2 Å². The quantitative estimate of drug-likeness (QED) is 0.939. The van der Waals surface area contributed by atoms with Crippen LogP contribution in [0.25, 0.3) is 0 Å². The molecule has 0 spiro atoms. The predicted molar refractivity (Wildman–Crippen MR) is 83.4 cm³/mol. The predicted octanol–water partition coefficient (Wildman–Crippen LogP) is 2.76. The van der Waals surface area contributed by atoms with Gasteiger partial charge in [-0.3, -0.25) is 0 Å². The number of hydrogen-bond acceptors (Lipinski definition) is 3. The van der Waals surface area contributed by atoms with Crippen LogP contribution in [0.2, 0.25) is 0 Å². The van der Waals surface area contributed by atoms with Gasteiger partial charge in [0.25, 0.3) is 0 Å². The number of benzene rings is 1. The summed E-state index contributed by atoms with van der Waals surface area (Å²) in [6.45, 7) is 4.18. The highest BCUT2D eigenvalue weighted by molar-refractivity contribution is 5.45. The van der Waals surface area contributed by atoms with E-state index in [0.717, 1.165) is 44.6 Å². The fourth-order valence-electron chi connectivity index (χ4n) is 3.55. The van der Waals surface area contributed by atoms with Crippen LogP contribution in [0, 0.1) is 0 Å². The van der Waals surface area contributed by atoms with Gasteiger partial charge < -0.3 is 5.32 Å². The summed E-state index contributed by atoms with van der Waals surface area (Å²) in [5, 5.41) is 3.44. The van der Waals surface area contributed by atoms with Crippen LogP contribution in [-0.4, -0.2) is 16.5 Å². The lowest BCUT2D eigenvalue weighted by Crippen LogP contribution is -2.29. The second-order valence-electron chi connectivity index (χ2n) is 6.09. The number of aromatic nitrogens is 2. The van der Waals surface area contributed by atoms with E-state index in [4.69, 9.17) is 9.97 Å². The third kappa shape index (κ3) is 2.16. The molecule has 3 nitrogen and oxygen atoms in total. The van der Waals surface area contributed by atoms with E-state index in [1.807, 2.05) is 0 Å². The molecule has 1 atom stereocenters. The first-order valence-electron chi connectivity index (χ1n) is 8.04. The number of aryl methyl sites for hydroxylation is 1. The molecule has 0 fully saturated rings. The van der Waals surface area contributed by atoms with Crippen molar-refractivity contribution in [1.82, 2.24) is 15.3 Å².